The van der Waals surface area contributed by atoms with Crippen LogP contribution in [0.2, 0.25) is 0 Å². The number of ketones is 1. The van der Waals surface area contributed by atoms with Crippen molar-refractivity contribution < 1.29 is 9.90 Å². The van der Waals surface area contributed by atoms with Gasteiger partial charge in [-0.2, -0.15) is 0 Å². The van der Waals surface area contributed by atoms with Gasteiger partial charge in [0.2, 0.25) is 0 Å². The van der Waals surface area contributed by atoms with Crippen LogP contribution in [0.5, 0.6) is 0 Å². The number of rotatable bonds is 7. The second-order valence-electron chi connectivity index (χ2n) is 13.9. The number of aliphatic hydroxyl groups excluding tert-OH is 1. The average Bonchev–Trinajstić information content (AvgIpc) is 3.04. The van der Waals surface area contributed by atoms with Crippen LogP contribution in [0.25, 0.3) is 0 Å². The number of carbonyl (C=O) groups is 1. The number of amidine groups is 1. The lowest BCUT2D eigenvalue weighted by Crippen LogP contribution is -2.60. The number of nitrogens with one attached hydrogen (secondary N) is 1. The molecule has 0 aromatic carbocycles. The lowest BCUT2D eigenvalue weighted by molar-refractivity contribution is -0.155. The molecule has 36 heavy (non-hydrogen) atoms. The monoisotopic (exact) mass is 499 g/mol. The van der Waals surface area contributed by atoms with Gasteiger partial charge in [-0.15, -0.1) is 6.58 Å². The van der Waals surface area contributed by atoms with Gasteiger partial charge >= 0.3 is 0 Å². The molecule has 0 radical (unpaired) electrons. The van der Waals surface area contributed by atoms with Gasteiger partial charge < -0.3 is 15.3 Å². The molecular formula is C31H53N3O2. The minimum Gasteiger partial charge on any atom is -0.393 e. The molecule has 0 spiro atoms. The van der Waals surface area contributed by atoms with Crippen LogP contribution in [0.3, 0.4) is 0 Å². The molecule has 3 aliphatic carbocycles. The molecule has 3 saturated carbocycles. The largest absolute Gasteiger partial charge is 0.393 e. The number of Topliss-reactive ketones (excluding diaryl/α,β-unsaturated/α-hetero) is 1. The molecule has 4 aliphatic rings. The molecule has 0 saturated heterocycles. The van der Waals surface area contributed by atoms with Crippen molar-refractivity contribution in [3.8, 4) is 0 Å². The Balaban J connectivity index is 1.60. The lowest BCUT2D eigenvalue weighted by Gasteiger charge is -2.59. The number of aliphatic hydroxyl groups is 1. The van der Waals surface area contributed by atoms with Gasteiger partial charge in [-0.1, -0.05) is 40.7 Å². The Bertz CT molecular complexity index is 885. The molecule has 0 bridgehead atoms. The first-order valence-electron chi connectivity index (χ1n) is 14.6. The highest BCUT2D eigenvalue weighted by Gasteiger charge is 2.68. The summed E-state index contributed by atoms with van der Waals surface area (Å²) in [5.41, 5.74) is -0.132. The molecule has 0 aromatic heterocycles. The highest BCUT2D eigenvalue weighted by molar-refractivity contribution is 5.85. The Labute approximate surface area is 220 Å². The highest BCUT2D eigenvalue weighted by Crippen LogP contribution is 2.69. The molecule has 5 heteroatoms. The zero-order chi connectivity index (χ0) is 26.6. The molecule has 1 aliphatic heterocycles. The van der Waals surface area contributed by atoms with Gasteiger partial charge in [0, 0.05) is 48.2 Å². The standard InChI is InChI=1S/C31H53N3O2/c1-10-12-26-29(5,18-32-28(33-26)19(3)11-2)21-13-14-23-22(15-21)24(35)16-31(7)27(20(4)34(8)9)25(36)17-30(23,31)6/h10,19-23,25-27,36H,1,11-18H2,2-9H3,(H,32,33)/t19?,20-,21+,22+,23+,25+,26-,27-,29-,30-,31+/m0/s1. The van der Waals surface area contributed by atoms with Crippen LogP contribution >= 0.6 is 0 Å². The van der Waals surface area contributed by atoms with E-state index in [9.17, 15) is 9.90 Å². The van der Waals surface area contributed by atoms with Crippen molar-refractivity contribution >= 4 is 11.6 Å². The minimum absolute atomic E-state index is 0.000975. The summed E-state index contributed by atoms with van der Waals surface area (Å²) >= 11 is 0. The van der Waals surface area contributed by atoms with E-state index in [0.717, 1.165) is 50.9 Å². The first-order chi connectivity index (χ1) is 16.8. The highest BCUT2D eigenvalue weighted by atomic mass is 16.3. The van der Waals surface area contributed by atoms with Crippen LogP contribution in [0.15, 0.2) is 17.6 Å². The third kappa shape index (κ3) is 4.11. The number of hydrogen-bond acceptors (Lipinski definition) is 5. The van der Waals surface area contributed by atoms with E-state index >= 15 is 0 Å². The Morgan fingerprint density at radius 2 is 1.92 bits per heavy atom. The number of aliphatic imine (C=N–C) groups is 1. The zero-order valence-electron chi connectivity index (χ0n) is 24.3. The fourth-order valence-electron chi connectivity index (χ4n) is 9.21. The Morgan fingerprint density at radius 1 is 1.22 bits per heavy atom. The van der Waals surface area contributed by atoms with Crippen LogP contribution in [-0.2, 0) is 4.79 Å². The number of nitrogens with zero attached hydrogens (tertiary/aromatic N) is 2. The summed E-state index contributed by atoms with van der Waals surface area (Å²) in [5.74, 6) is 3.12. The zero-order valence-corrected chi connectivity index (χ0v) is 24.3. The van der Waals surface area contributed by atoms with Crippen molar-refractivity contribution in [2.75, 3.05) is 20.6 Å². The Kier molecular flexibility index (Phi) is 7.60. The maximum atomic E-state index is 13.9. The van der Waals surface area contributed by atoms with E-state index in [1.165, 1.54) is 0 Å². The van der Waals surface area contributed by atoms with Gasteiger partial charge in [0.05, 0.1) is 11.9 Å². The number of carbonyl (C=O) groups excluding carboxylic acids is 1. The van der Waals surface area contributed by atoms with Gasteiger partial charge in [-0.25, -0.2) is 0 Å². The van der Waals surface area contributed by atoms with Crippen molar-refractivity contribution in [3.05, 3.63) is 12.7 Å². The predicted octanol–water partition coefficient (Wildman–Crippen LogP) is 5.33. The summed E-state index contributed by atoms with van der Waals surface area (Å²) < 4.78 is 0. The first kappa shape index (κ1) is 27.8. The fraction of sp³-hybridized carbons (Fsp3) is 0.871. The summed E-state index contributed by atoms with van der Waals surface area (Å²) in [4.78, 5) is 21.2. The van der Waals surface area contributed by atoms with Crippen molar-refractivity contribution in [2.24, 2.45) is 50.8 Å². The molecule has 11 atom stereocenters. The smallest absolute Gasteiger partial charge is 0.136 e. The lowest BCUT2D eigenvalue weighted by atomic mass is 9.45. The van der Waals surface area contributed by atoms with Crippen molar-refractivity contribution in [3.63, 3.8) is 0 Å². The Morgan fingerprint density at radius 3 is 2.53 bits per heavy atom. The van der Waals surface area contributed by atoms with Crippen LogP contribution in [0, 0.1) is 45.8 Å². The third-order valence-electron chi connectivity index (χ3n) is 12.2. The maximum Gasteiger partial charge on any atom is 0.136 e. The molecule has 0 aromatic rings. The van der Waals surface area contributed by atoms with Gasteiger partial charge in [-0.3, -0.25) is 9.79 Å². The second-order valence-corrected chi connectivity index (χ2v) is 13.9. The molecule has 3 fully saturated rings. The number of fused-ring (bicyclic) bond motifs is 3. The molecule has 0 amide bonds. The SMILES string of the molecule is C=CC[C@@H]1NC(C(C)CC)=NC[C@@]1(C)[C@@H]1CC[C@@H]2[C@@H](C1)C(=O)C[C@]1(C)[C@@H]([C@H](C)N(C)C)[C@H](O)C[C@@]21C. The van der Waals surface area contributed by atoms with Gasteiger partial charge in [0.25, 0.3) is 0 Å². The summed E-state index contributed by atoms with van der Waals surface area (Å²) in [6.45, 7) is 18.7. The van der Waals surface area contributed by atoms with Crippen molar-refractivity contribution in [1.29, 1.82) is 0 Å². The van der Waals surface area contributed by atoms with Crippen molar-refractivity contribution in [1.82, 2.24) is 10.2 Å². The quantitative estimate of drug-likeness (QED) is 0.465. The van der Waals surface area contributed by atoms with Crippen LogP contribution in [0.4, 0.5) is 0 Å². The minimum atomic E-state index is -0.341. The van der Waals surface area contributed by atoms with E-state index in [2.05, 4.69) is 72.4 Å². The normalized spacial score (nSPS) is 46.4. The van der Waals surface area contributed by atoms with Crippen molar-refractivity contribution in [2.45, 2.75) is 105 Å². The molecule has 1 heterocycles. The fourth-order valence-corrected chi connectivity index (χ4v) is 9.21. The Hall–Kier alpha value is -1.20. The number of hydrogen-bond donors (Lipinski definition) is 2. The molecule has 2 N–H and O–H groups in total. The van der Waals surface area contributed by atoms with E-state index in [1.807, 2.05) is 6.08 Å². The van der Waals surface area contributed by atoms with E-state index in [-0.39, 0.29) is 40.2 Å². The summed E-state index contributed by atoms with van der Waals surface area (Å²) in [7, 11) is 4.20. The maximum absolute atomic E-state index is 13.9. The second kappa shape index (κ2) is 9.84. The first-order valence-corrected chi connectivity index (χ1v) is 14.6. The van der Waals surface area contributed by atoms with Crippen LogP contribution in [-0.4, -0.2) is 60.5 Å². The average molecular weight is 500 g/mol. The molecule has 5 nitrogen and oxygen atoms in total. The summed E-state index contributed by atoms with van der Waals surface area (Å²) in [6, 6.07) is 0.563. The third-order valence-corrected chi connectivity index (χ3v) is 12.2. The molecule has 1 unspecified atom stereocenters. The van der Waals surface area contributed by atoms with E-state index in [1.54, 1.807) is 0 Å². The van der Waals surface area contributed by atoms with E-state index in [4.69, 9.17) is 4.99 Å². The summed E-state index contributed by atoms with van der Waals surface area (Å²) in [6.07, 6.45) is 8.35. The van der Waals surface area contributed by atoms with Gasteiger partial charge in [0.15, 0.2) is 0 Å². The van der Waals surface area contributed by atoms with Gasteiger partial charge in [-0.05, 0) is 82.2 Å². The summed E-state index contributed by atoms with van der Waals surface area (Å²) in [5, 5.41) is 15.2. The molecule has 204 valence electrons. The van der Waals surface area contributed by atoms with Crippen LogP contribution in [0.1, 0.15) is 86.5 Å². The predicted molar refractivity (Wildman–Crippen MR) is 149 cm³/mol. The molecule has 4 rings (SSSR count). The van der Waals surface area contributed by atoms with E-state index < -0.39 is 0 Å². The van der Waals surface area contributed by atoms with Gasteiger partial charge in [0.1, 0.15) is 5.78 Å². The van der Waals surface area contributed by atoms with Crippen LogP contribution < -0.4 is 5.32 Å². The topological polar surface area (TPSA) is 64.9 Å². The molecular weight excluding hydrogens is 446 g/mol. The van der Waals surface area contributed by atoms with E-state index in [0.29, 0.717) is 36.0 Å².